The zero-order valence-corrected chi connectivity index (χ0v) is 41.2. The summed E-state index contributed by atoms with van der Waals surface area (Å²) < 4.78 is 16.1. The summed E-state index contributed by atoms with van der Waals surface area (Å²) in [5, 5.41) is 29.3. The average Bonchev–Trinajstić information content (AvgIpc) is 3.89. The normalized spacial score (nSPS) is 26.3. The highest BCUT2D eigenvalue weighted by molar-refractivity contribution is 7.99. The largest absolute Gasteiger partial charge is 0.462 e. The second kappa shape index (κ2) is 24.3. The van der Waals surface area contributed by atoms with Crippen molar-refractivity contribution in [2.75, 3.05) is 32.0 Å². The van der Waals surface area contributed by atoms with Crippen molar-refractivity contribution in [3.8, 4) is 5.75 Å². The highest BCUT2D eigenvalue weighted by atomic mass is 32.2. The lowest BCUT2D eigenvalue weighted by Crippen LogP contribution is -2.69. The van der Waals surface area contributed by atoms with Crippen molar-refractivity contribution in [3.05, 3.63) is 23.8 Å². The van der Waals surface area contributed by atoms with E-state index in [0.717, 1.165) is 37.4 Å². The minimum atomic E-state index is -2.53. The van der Waals surface area contributed by atoms with Crippen LogP contribution in [0.25, 0.3) is 10.9 Å². The molecule has 72 heavy (non-hydrogen) atoms. The molecule has 3 aliphatic heterocycles. The molecule has 0 saturated carbocycles. The van der Waals surface area contributed by atoms with Crippen LogP contribution in [0.4, 0.5) is 0 Å². The first-order chi connectivity index (χ1) is 34.0. The number of aliphatic hydroxyl groups is 1. The molecule has 0 spiro atoms. The van der Waals surface area contributed by atoms with E-state index in [2.05, 4.69) is 42.2 Å². The molecule has 4 heterocycles. The number of H-pyrrole nitrogens is 1. The number of amides is 8. The molecule has 27 heteroatoms. The summed E-state index contributed by atoms with van der Waals surface area (Å²) in [6.45, 7) is 5.35. The van der Waals surface area contributed by atoms with Gasteiger partial charge < -0.3 is 67.3 Å². The number of thioether (sulfide) groups is 1. The van der Waals surface area contributed by atoms with Crippen molar-refractivity contribution >= 4 is 94.1 Å². The monoisotopic (exact) mass is 1030 g/mol. The molecular formula is C45H60N10O16S. The number of nitrogens with one attached hydrogen (secondary N) is 8. The van der Waals surface area contributed by atoms with E-state index in [0.29, 0.717) is 11.8 Å². The maximum atomic E-state index is 15.0. The summed E-state index contributed by atoms with van der Waals surface area (Å²) in [6, 6.07) is -3.49. The van der Waals surface area contributed by atoms with Crippen molar-refractivity contribution in [3.63, 3.8) is 0 Å². The Balaban J connectivity index is 1.80. The van der Waals surface area contributed by atoms with Crippen molar-refractivity contribution in [2.24, 2.45) is 17.6 Å². The molecule has 26 nitrogen and oxygen atoms in total. The van der Waals surface area contributed by atoms with Gasteiger partial charge in [0.15, 0.2) is 17.7 Å². The van der Waals surface area contributed by atoms with Crippen LogP contribution in [-0.4, -0.2) is 167 Å². The predicted molar refractivity (Wildman–Crippen MR) is 250 cm³/mol. The number of nitrogens with two attached hydrogens (primary N) is 1. The Bertz CT molecular complexity index is 2490. The minimum absolute atomic E-state index is 0.0232. The fourth-order valence-electron chi connectivity index (χ4n) is 8.58. The summed E-state index contributed by atoms with van der Waals surface area (Å²) in [4.78, 5) is 167. The van der Waals surface area contributed by atoms with Gasteiger partial charge in [0.1, 0.15) is 36.9 Å². The van der Waals surface area contributed by atoms with E-state index in [1.165, 1.54) is 19.1 Å². The van der Waals surface area contributed by atoms with E-state index >= 15 is 4.79 Å². The van der Waals surface area contributed by atoms with Crippen molar-refractivity contribution in [1.82, 2.24) is 47.1 Å². The maximum absolute atomic E-state index is 15.0. The van der Waals surface area contributed by atoms with Gasteiger partial charge in [-0.2, -0.15) is 0 Å². The number of carbonyl (C=O) groups is 12. The van der Waals surface area contributed by atoms with E-state index in [-0.39, 0.29) is 28.1 Å². The number of hydrogen-bond donors (Lipinski definition) is 10. The number of para-hydroxylation sites is 1. The molecule has 3 unspecified atom stereocenters. The SMILES string of the molecule is CC[C@H](C)[C@@H]1NC(=O)CNC(=O)C2Cc3c([nH]c4c(OC(C)=O)cccc34)SCC(NC(=O)CNC1=O)C(=O)NC(C=O)(CC(N)=O)N1C[C@H](O)C[C@H]1C(=O)N[C@@H]([C@@H](C)[C@H](COC(C)=O)OC(C)=O)C(=O)N2. The summed E-state index contributed by atoms with van der Waals surface area (Å²) in [5.41, 5.74) is 3.60. The first kappa shape index (κ1) is 55.8. The molecule has 11 N–H and O–H groups in total. The van der Waals surface area contributed by atoms with Crippen LogP contribution in [0.1, 0.15) is 66.4 Å². The van der Waals surface area contributed by atoms with Gasteiger partial charge in [-0.05, 0) is 24.0 Å². The van der Waals surface area contributed by atoms with E-state index in [1.54, 1.807) is 19.9 Å². The third kappa shape index (κ3) is 13.8. The minimum Gasteiger partial charge on any atom is -0.462 e. The Morgan fingerprint density at radius 3 is 2.17 bits per heavy atom. The number of primary amides is 1. The van der Waals surface area contributed by atoms with Gasteiger partial charge in [-0.1, -0.05) is 39.3 Å². The Morgan fingerprint density at radius 1 is 0.861 bits per heavy atom. The fraction of sp³-hybridized carbons (Fsp3) is 0.556. The predicted octanol–water partition coefficient (Wildman–Crippen LogP) is -3.57. The summed E-state index contributed by atoms with van der Waals surface area (Å²) >= 11 is 0.877. The first-order valence-electron chi connectivity index (χ1n) is 23.0. The molecule has 3 aliphatic rings. The zero-order chi connectivity index (χ0) is 53.2. The van der Waals surface area contributed by atoms with E-state index < -0.39 is 176 Å². The van der Waals surface area contributed by atoms with Gasteiger partial charge in [0.2, 0.25) is 47.3 Å². The average molecular weight is 1030 g/mol. The van der Waals surface area contributed by atoms with E-state index in [4.69, 9.17) is 19.9 Å². The number of aldehydes is 1. The molecule has 1 saturated heterocycles. The lowest BCUT2D eigenvalue weighted by molar-refractivity contribution is -0.161. The number of aliphatic hydroxyl groups excluding tert-OH is 1. The number of aromatic nitrogens is 1. The number of hydrogen-bond acceptors (Lipinski definition) is 18. The molecule has 1 fully saturated rings. The smallest absolute Gasteiger partial charge is 0.308 e. The van der Waals surface area contributed by atoms with Crippen molar-refractivity contribution < 1.29 is 76.9 Å². The lowest BCUT2D eigenvalue weighted by atomic mass is 9.93. The number of fused-ring (bicyclic) bond motifs is 5. The van der Waals surface area contributed by atoms with E-state index in [9.17, 15) is 57.8 Å². The lowest BCUT2D eigenvalue weighted by Gasteiger charge is -2.41. The molecular weight excluding hydrogens is 969 g/mol. The van der Waals surface area contributed by atoms with Gasteiger partial charge in [0, 0.05) is 50.8 Å². The molecule has 1 aromatic heterocycles. The zero-order valence-electron chi connectivity index (χ0n) is 40.4. The number of rotatable bonds is 11. The number of ether oxygens (including phenoxy) is 3. The number of esters is 3. The van der Waals surface area contributed by atoms with Crippen LogP contribution in [0.3, 0.4) is 0 Å². The fourth-order valence-corrected chi connectivity index (χ4v) is 9.69. The molecule has 0 aliphatic carbocycles. The standard InChI is InChI=1S/C45H60N10O16S/c1-7-20(2)36-42(67)48-14-34(62)49-29-18-72-44-27(26-9-8-10-31(38(26)53-44)70-23(5)58)12-28(39(64)47-15-35(63)51-36)50-43(68)37(21(3)32(71-24(6)59)17-69-22(4)57)52-41(66)30-11-25(60)16-55(30)45(19-56,13-33(46)61)54-40(29)65/h8-10,19-21,25,28-30,32,36-37,53,60H,7,11-18H2,1-6H3,(H2,46,61)(H,47,64)(H,48,67)(H,49,62)(H,50,68)(H,51,63)(H,52,66)(H,54,65)/t20-,21-,25+,28?,29?,30-,32-,36-,37-,45?/m0/s1. The Kier molecular flexibility index (Phi) is 18.9. The Morgan fingerprint density at radius 2 is 1.54 bits per heavy atom. The molecule has 2 aromatic rings. The molecule has 0 radical (unpaired) electrons. The molecule has 1 aromatic carbocycles. The van der Waals surface area contributed by atoms with Crippen LogP contribution in [0.2, 0.25) is 0 Å². The van der Waals surface area contributed by atoms with Crippen molar-refractivity contribution in [1.29, 1.82) is 0 Å². The first-order valence-corrected chi connectivity index (χ1v) is 24.0. The Hall–Kier alpha value is -7.13. The van der Waals surface area contributed by atoms with Crippen LogP contribution in [0.5, 0.6) is 5.75 Å². The summed E-state index contributed by atoms with van der Waals surface area (Å²) in [6.07, 6.45) is -4.28. The topological polar surface area (TPSA) is 382 Å². The van der Waals surface area contributed by atoms with Crippen LogP contribution < -0.4 is 47.7 Å². The quantitative estimate of drug-likeness (QED) is 0.0591. The molecule has 8 amide bonds. The van der Waals surface area contributed by atoms with Crippen LogP contribution in [-0.2, 0) is 73.4 Å². The van der Waals surface area contributed by atoms with Gasteiger partial charge in [0.05, 0.1) is 42.2 Å². The maximum Gasteiger partial charge on any atom is 0.308 e. The van der Waals surface area contributed by atoms with Crippen LogP contribution >= 0.6 is 11.8 Å². The van der Waals surface area contributed by atoms with Crippen LogP contribution in [0, 0.1) is 11.8 Å². The third-order valence-corrected chi connectivity index (χ3v) is 13.5. The Labute approximate surface area is 416 Å². The molecule has 392 valence electrons. The van der Waals surface area contributed by atoms with Gasteiger partial charge in [-0.3, -0.25) is 62.4 Å². The number of aromatic amines is 1. The third-order valence-electron chi connectivity index (χ3n) is 12.4. The number of carbonyl (C=O) groups excluding carboxylic acids is 12. The van der Waals surface area contributed by atoms with Gasteiger partial charge in [0.25, 0.3) is 0 Å². The highest BCUT2D eigenvalue weighted by Crippen LogP contribution is 2.36. The summed E-state index contributed by atoms with van der Waals surface area (Å²) in [7, 11) is 0. The van der Waals surface area contributed by atoms with Gasteiger partial charge in [-0.25, -0.2) is 0 Å². The van der Waals surface area contributed by atoms with Crippen molar-refractivity contribution in [2.45, 2.75) is 120 Å². The highest BCUT2D eigenvalue weighted by Gasteiger charge is 2.52. The second-order valence-corrected chi connectivity index (χ2v) is 18.8. The van der Waals surface area contributed by atoms with Gasteiger partial charge in [-0.15, -0.1) is 11.8 Å². The summed E-state index contributed by atoms with van der Waals surface area (Å²) in [5.74, 6) is -12.7. The molecule has 5 rings (SSSR count). The molecule has 10 atom stereocenters. The number of nitrogens with zero attached hydrogens (tertiary/aromatic N) is 1. The van der Waals surface area contributed by atoms with Crippen LogP contribution in [0.15, 0.2) is 23.2 Å². The molecule has 2 bridgehead atoms. The van der Waals surface area contributed by atoms with E-state index in [1.807, 2.05) is 0 Å². The van der Waals surface area contributed by atoms with Gasteiger partial charge >= 0.3 is 17.9 Å². The number of benzene rings is 1. The second-order valence-electron chi connectivity index (χ2n) is 17.8.